The van der Waals surface area contributed by atoms with Crippen molar-refractivity contribution in [3.8, 4) is 34.9 Å². The Kier molecular flexibility index (Phi) is 8.84. The number of aliphatic hydroxyl groups excluding tert-OH is 1. The molecule has 2 aromatic carbocycles. The van der Waals surface area contributed by atoms with Gasteiger partial charge in [0.05, 0.1) is 19.2 Å². The van der Waals surface area contributed by atoms with Crippen LogP contribution in [0, 0.1) is 25.3 Å². The Morgan fingerprint density at radius 1 is 1.17 bits per heavy atom. The van der Waals surface area contributed by atoms with Gasteiger partial charge in [0, 0.05) is 16.8 Å². The Morgan fingerprint density at radius 3 is 2.40 bits per heavy atom. The maximum atomic E-state index is 13.8. The van der Waals surface area contributed by atoms with Crippen LogP contribution in [0.25, 0.3) is 22.4 Å². The number of esters is 1. The second-order valence-corrected chi connectivity index (χ2v) is 9.32. The fraction of sp³-hybridized carbons (Fsp3) is 0.259. The molecule has 3 rings (SSSR count). The number of hydrogen-bond acceptors (Lipinski definition) is 6. The van der Waals surface area contributed by atoms with E-state index < -0.39 is 38.0 Å². The van der Waals surface area contributed by atoms with E-state index in [1.54, 1.807) is 18.2 Å². The van der Waals surface area contributed by atoms with Gasteiger partial charge in [-0.05, 0) is 46.7 Å². The summed E-state index contributed by atoms with van der Waals surface area (Å²) in [6.45, 7) is 3.76. The molecule has 3 unspecified atom stereocenters. The molecule has 0 radical (unpaired) electrons. The average Bonchev–Trinajstić information content (AvgIpc) is 2.85. The van der Waals surface area contributed by atoms with Crippen LogP contribution < -0.4 is 0 Å². The molecule has 1 aromatic heterocycles. The Morgan fingerprint density at radius 2 is 1.83 bits per heavy atom. The topological polar surface area (TPSA) is 85.7 Å². The van der Waals surface area contributed by atoms with Gasteiger partial charge in [-0.3, -0.25) is 9.78 Å². The highest BCUT2D eigenvalue weighted by Gasteiger charge is 2.45. The molecule has 0 spiro atoms. The first kappa shape index (κ1) is 26.2. The molecule has 0 saturated heterocycles. The highest BCUT2D eigenvalue weighted by molar-refractivity contribution is 7.39. The van der Waals surface area contributed by atoms with Crippen molar-refractivity contribution in [2.24, 2.45) is 0 Å². The summed E-state index contributed by atoms with van der Waals surface area (Å²) in [7, 11) is -1.22. The third kappa shape index (κ3) is 5.80. The molecule has 0 aliphatic carbocycles. The monoisotopic (exact) mass is 494 g/mol. The first-order valence-electron chi connectivity index (χ1n) is 11.0. The van der Waals surface area contributed by atoms with E-state index in [-0.39, 0.29) is 0 Å². The number of hydrogen-bond donors (Lipinski definition) is 1. The molecule has 180 valence electrons. The Bertz CT molecular complexity index is 1260. The minimum atomic E-state index is -2.48. The van der Waals surface area contributed by atoms with Crippen LogP contribution in [0.4, 0.5) is 4.39 Å². The molecule has 0 bridgehead atoms. The fourth-order valence-electron chi connectivity index (χ4n) is 4.14. The maximum absolute atomic E-state index is 13.8. The van der Waals surface area contributed by atoms with E-state index in [2.05, 4.69) is 4.74 Å². The van der Waals surface area contributed by atoms with Crippen molar-refractivity contribution in [1.29, 1.82) is 0 Å². The van der Waals surface area contributed by atoms with Gasteiger partial charge in [0.25, 0.3) is 0 Å². The van der Waals surface area contributed by atoms with Crippen molar-refractivity contribution >= 4 is 14.0 Å². The second kappa shape index (κ2) is 11.8. The lowest BCUT2D eigenvalue weighted by Crippen LogP contribution is -2.23. The molecule has 0 aliphatic heterocycles. The second-order valence-electron chi connectivity index (χ2n) is 7.82. The number of aliphatic hydroxyl groups is 1. The minimum Gasteiger partial charge on any atom is -0.387 e. The number of rotatable bonds is 9. The first-order chi connectivity index (χ1) is 16.8. The molecule has 0 amide bonds. The quantitative estimate of drug-likeness (QED) is 0.232. The summed E-state index contributed by atoms with van der Waals surface area (Å²) < 4.78 is 36.6. The smallest absolute Gasteiger partial charge is 0.387 e. The maximum Gasteiger partial charge on any atom is 0.518 e. The molecule has 35 heavy (non-hydrogen) atoms. The van der Waals surface area contributed by atoms with Crippen LogP contribution in [0.2, 0.25) is 0 Å². The number of benzene rings is 2. The van der Waals surface area contributed by atoms with E-state index >= 15 is 0 Å². The highest BCUT2D eigenvalue weighted by Crippen LogP contribution is 2.50. The van der Waals surface area contributed by atoms with Crippen molar-refractivity contribution in [1.82, 2.24) is 4.98 Å². The first-order valence-corrected chi connectivity index (χ1v) is 12.3. The highest BCUT2D eigenvalue weighted by atomic mass is 31.1. The lowest BCUT2D eigenvalue weighted by molar-refractivity contribution is -0.139. The van der Waals surface area contributed by atoms with Crippen LogP contribution in [-0.4, -0.2) is 29.3 Å². The standard InChI is InChI=1S/C27H26FNO5P/c1-5-21-25(27(35(32)33-4)22(30)16-23(31)34-6-2)24(18-12-14-20(28)15-13-18)17(3)26(29-21)19-10-8-7-9-11-19/h2,7-15,22,27,30H,5,16H2,1,3-4H3/q+1. The zero-order chi connectivity index (χ0) is 25.5. The number of aromatic nitrogens is 1. The summed E-state index contributed by atoms with van der Waals surface area (Å²) in [5, 5.41) is 11.1. The van der Waals surface area contributed by atoms with Gasteiger partial charge >= 0.3 is 14.0 Å². The van der Waals surface area contributed by atoms with Crippen LogP contribution in [0.1, 0.15) is 35.8 Å². The predicted octanol–water partition coefficient (Wildman–Crippen LogP) is 5.74. The van der Waals surface area contributed by atoms with Crippen molar-refractivity contribution < 1.29 is 28.1 Å². The van der Waals surface area contributed by atoms with Crippen LogP contribution in [0.15, 0.2) is 54.6 Å². The molecule has 1 heterocycles. The van der Waals surface area contributed by atoms with Crippen LogP contribution in [0.5, 0.6) is 0 Å². The largest absolute Gasteiger partial charge is 0.518 e. The summed E-state index contributed by atoms with van der Waals surface area (Å²) in [6, 6.07) is 15.5. The van der Waals surface area contributed by atoms with Gasteiger partial charge < -0.3 is 9.84 Å². The average molecular weight is 494 g/mol. The van der Waals surface area contributed by atoms with Crippen LogP contribution in [0.3, 0.4) is 0 Å². The van der Waals surface area contributed by atoms with Gasteiger partial charge in [0.1, 0.15) is 18.0 Å². The van der Waals surface area contributed by atoms with Gasteiger partial charge in [0.2, 0.25) is 5.66 Å². The van der Waals surface area contributed by atoms with Gasteiger partial charge in [-0.15, -0.1) is 4.52 Å². The summed E-state index contributed by atoms with van der Waals surface area (Å²) in [5.41, 5.74) is 3.55. The zero-order valence-corrected chi connectivity index (χ0v) is 20.6. The molecule has 8 heteroatoms. The van der Waals surface area contributed by atoms with E-state index in [9.17, 15) is 18.9 Å². The molecular formula is C27H26FNO5P+. The lowest BCUT2D eigenvalue weighted by Gasteiger charge is -2.23. The number of terminal acetylenes is 1. The van der Waals surface area contributed by atoms with Crippen molar-refractivity contribution in [3.63, 3.8) is 0 Å². The van der Waals surface area contributed by atoms with Crippen molar-refractivity contribution in [3.05, 3.63) is 77.2 Å². The van der Waals surface area contributed by atoms with E-state index in [1.807, 2.05) is 44.2 Å². The number of carbonyl (C=O) groups excluding carboxylic acids is 1. The van der Waals surface area contributed by atoms with E-state index in [1.165, 1.54) is 19.2 Å². The van der Waals surface area contributed by atoms with Gasteiger partial charge in [-0.2, -0.15) is 0 Å². The molecule has 0 fully saturated rings. The number of ether oxygens (including phenoxy) is 1. The summed E-state index contributed by atoms with van der Waals surface area (Å²) in [5.74, 6) is -1.24. The van der Waals surface area contributed by atoms with E-state index in [0.717, 1.165) is 11.1 Å². The Balaban J connectivity index is 2.35. The molecule has 0 aliphatic rings. The number of nitrogens with zero attached hydrogens (tertiary/aromatic N) is 1. The van der Waals surface area contributed by atoms with Crippen LogP contribution >= 0.6 is 8.03 Å². The van der Waals surface area contributed by atoms with Gasteiger partial charge in [-0.25, -0.2) is 4.39 Å². The van der Waals surface area contributed by atoms with Gasteiger partial charge in [0.15, 0.2) is 0 Å². The molecule has 6 nitrogen and oxygen atoms in total. The number of aryl methyl sites for hydroxylation is 1. The number of carbonyl (C=O) groups is 1. The van der Waals surface area contributed by atoms with E-state index in [0.29, 0.717) is 34.5 Å². The SMILES string of the molecule is C#COC(=O)CC(O)C(c1c(CC)nc(-c2ccccc2)c(C)c1-c1ccc(F)cc1)[P+](=O)OC. The van der Waals surface area contributed by atoms with Crippen molar-refractivity contribution in [2.75, 3.05) is 7.11 Å². The Labute approximate surface area is 205 Å². The predicted molar refractivity (Wildman–Crippen MR) is 132 cm³/mol. The number of halogens is 1. The molecule has 3 atom stereocenters. The van der Waals surface area contributed by atoms with E-state index in [4.69, 9.17) is 15.9 Å². The third-order valence-electron chi connectivity index (χ3n) is 5.69. The fourth-order valence-corrected chi connectivity index (χ4v) is 5.24. The van der Waals surface area contributed by atoms with Crippen LogP contribution in [-0.2, 0) is 25.0 Å². The molecular weight excluding hydrogens is 468 g/mol. The lowest BCUT2D eigenvalue weighted by atomic mass is 9.87. The normalized spacial score (nSPS) is 13.0. The minimum absolute atomic E-state index is 0.405. The Hall–Kier alpha value is -3.43. The van der Waals surface area contributed by atoms with Crippen molar-refractivity contribution in [2.45, 2.75) is 38.5 Å². The molecule has 0 saturated carbocycles. The third-order valence-corrected chi connectivity index (χ3v) is 7.10. The summed E-state index contributed by atoms with van der Waals surface area (Å²) in [4.78, 5) is 16.9. The number of pyridine rings is 1. The summed E-state index contributed by atoms with van der Waals surface area (Å²) >= 11 is 0. The van der Waals surface area contributed by atoms with Gasteiger partial charge in [-0.1, -0.05) is 55.8 Å². The molecule has 1 N–H and O–H groups in total. The zero-order valence-electron chi connectivity index (χ0n) is 19.7. The molecule has 3 aromatic rings. The summed E-state index contributed by atoms with van der Waals surface area (Å²) in [6.07, 6.45) is 5.32.